The molecule has 4 rings (SSSR count). The summed E-state index contributed by atoms with van der Waals surface area (Å²) in [6, 6.07) is 15.5. The van der Waals surface area contributed by atoms with Crippen molar-refractivity contribution in [3.8, 4) is 5.75 Å². The van der Waals surface area contributed by atoms with Crippen molar-refractivity contribution in [3.63, 3.8) is 0 Å². The molecule has 0 saturated carbocycles. The Kier molecular flexibility index (Phi) is 6.18. The molecule has 0 aliphatic carbocycles. The molecule has 2 aliphatic rings. The lowest BCUT2D eigenvalue weighted by atomic mass is 10.2. The van der Waals surface area contributed by atoms with E-state index in [0.29, 0.717) is 13.0 Å². The van der Waals surface area contributed by atoms with Gasteiger partial charge in [0.05, 0.1) is 19.3 Å². The van der Waals surface area contributed by atoms with E-state index in [1.807, 2.05) is 42.5 Å². The summed E-state index contributed by atoms with van der Waals surface area (Å²) < 4.78 is 5.46. The van der Waals surface area contributed by atoms with Gasteiger partial charge in [-0.05, 0) is 42.8 Å². The van der Waals surface area contributed by atoms with Crippen molar-refractivity contribution in [2.24, 2.45) is 0 Å². The molecule has 1 N–H and O–H groups in total. The number of rotatable bonds is 6. The fourth-order valence-electron chi connectivity index (χ4n) is 4.09. The molecule has 158 valence electrons. The maximum atomic E-state index is 12.5. The van der Waals surface area contributed by atoms with Crippen molar-refractivity contribution in [2.45, 2.75) is 12.8 Å². The van der Waals surface area contributed by atoms with E-state index in [4.69, 9.17) is 4.74 Å². The van der Waals surface area contributed by atoms with Crippen molar-refractivity contribution in [3.05, 3.63) is 48.5 Å². The number of amides is 2. The fraction of sp³-hybridized carbons (Fsp3) is 0.391. The number of ether oxygens (including phenoxy) is 1. The molecule has 30 heavy (non-hydrogen) atoms. The number of benzene rings is 2. The molecule has 0 unspecified atom stereocenters. The van der Waals surface area contributed by atoms with Crippen LogP contribution in [0.3, 0.4) is 0 Å². The Bertz CT molecular complexity index is 892. The van der Waals surface area contributed by atoms with Gasteiger partial charge in [0.2, 0.25) is 11.8 Å². The van der Waals surface area contributed by atoms with Gasteiger partial charge >= 0.3 is 0 Å². The number of para-hydroxylation sites is 2. The van der Waals surface area contributed by atoms with Gasteiger partial charge in [-0.25, -0.2) is 0 Å². The van der Waals surface area contributed by atoms with Gasteiger partial charge in [-0.2, -0.15) is 0 Å². The van der Waals surface area contributed by atoms with E-state index in [1.54, 1.807) is 12.0 Å². The third-order valence-electron chi connectivity index (χ3n) is 5.70. The number of nitrogens with one attached hydrogen (secondary N) is 1. The average Bonchev–Trinajstić information content (AvgIpc) is 3.20. The number of piperazine rings is 1. The number of anilines is 3. The number of carbonyl (C=O) groups excluding carboxylic acids is 2. The van der Waals surface area contributed by atoms with E-state index in [-0.39, 0.29) is 11.8 Å². The Morgan fingerprint density at radius 3 is 2.40 bits per heavy atom. The van der Waals surface area contributed by atoms with E-state index in [9.17, 15) is 9.59 Å². The van der Waals surface area contributed by atoms with E-state index in [2.05, 4.69) is 21.2 Å². The topological polar surface area (TPSA) is 65.1 Å². The van der Waals surface area contributed by atoms with Gasteiger partial charge in [-0.3, -0.25) is 14.5 Å². The standard InChI is InChI=1S/C23H28N4O3/c1-30-21-6-3-2-5-20(21)26-15-13-25(14-16-26)17-22(28)24-18-8-10-19(11-9-18)27-12-4-7-23(27)29/h2-3,5-6,8-11H,4,7,12-17H2,1H3,(H,24,28). The van der Waals surface area contributed by atoms with E-state index >= 15 is 0 Å². The summed E-state index contributed by atoms with van der Waals surface area (Å²) in [5.74, 6) is 1.02. The highest BCUT2D eigenvalue weighted by molar-refractivity contribution is 5.96. The largest absolute Gasteiger partial charge is 0.495 e. The molecule has 0 spiro atoms. The number of hydrogen-bond acceptors (Lipinski definition) is 5. The van der Waals surface area contributed by atoms with E-state index < -0.39 is 0 Å². The lowest BCUT2D eigenvalue weighted by Gasteiger charge is -2.36. The summed E-state index contributed by atoms with van der Waals surface area (Å²) in [5, 5.41) is 2.96. The molecule has 2 fully saturated rings. The van der Waals surface area contributed by atoms with Crippen LogP contribution in [-0.4, -0.2) is 63.1 Å². The minimum atomic E-state index is -0.0225. The first-order valence-electron chi connectivity index (χ1n) is 10.4. The third kappa shape index (κ3) is 4.57. The third-order valence-corrected chi connectivity index (χ3v) is 5.70. The zero-order valence-electron chi connectivity index (χ0n) is 17.3. The predicted molar refractivity (Wildman–Crippen MR) is 118 cm³/mol. The molecule has 0 aromatic heterocycles. The molecule has 2 amide bonds. The highest BCUT2D eigenvalue weighted by atomic mass is 16.5. The predicted octanol–water partition coefficient (Wildman–Crippen LogP) is 2.58. The molecule has 2 aromatic carbocycles. The first-order chi connectivity index (χ1) is 14.6. The van der Waals surface area contributed by atoms with Crippen LogP contribution in [0.5, 0.6) is 5.75 Å². The van der Waals surface area contributed by atoms with Gasteiger partial charge in [-0.15, -0.1) is 0 Å². The summed E-state index contributed by atoms with van der Waals surface area (Å²) >= 11 is 0. The van der Waals surface area contributed by atoms with Gasteiger partial charge in [0.1, 0.15) is 5.75 Å². The summed E-state index contributed by atoms with van der Waals surface area (Å²) in [7, 11) is 1.69. The highest BCUT2D eigenvalue weighted by Gasteiger charge is 2.22. The second-order valence-corrected chi connectivity index (χ2v) is 7.68. The second-order valence-electron chi connectivity index (χ2n) is 7.68. The molecule has 2 aliphatic heterocycles. The molecular weight excluding hydrogens is 380 g/mol. The second kappa shape index (κ2) is 9.17. The lowest BCUT2D eigenvalue weighted by molar-refractivity contribution is -0.118. The zero-order valence-corrected chi connectivity index (χ0v) is 17.3. The van der Waals surface area contributed by atoms with Gasteiger partial charge in [0, 0.05) is 50.5 Å². The Morgan fingerprint density at radius 2 is 1.73 bits per heavy atom. The molecule has 0 atom stereocenters. The van der Waals surface area contributed by atoms with Crippen LogP contribution in [0.2, 0.25) is 0 Å². The van der Waals surface area contributed by atoms with Crippen LogP contribution in [0.4, 0.5) is 17.1 Å². The van der Waals surface area contributed by atoms with Gasteiger partial charge in [0.25, 0.3) is 0 Å². The molecule has 7 heteroatoms. The number of carbonyl (C=O) groups is 2. The van der Waals surface area contributed by atoms with Gasteiger partial charge in [-0.1, -0.05) is 12.1 Å². The Morgan fingerprint density at radius 1 is 1.00 bits per heavy atom. The SMILES string of the molecule is COc1ccccc1N1CCN(CC(=O)Nc2ccc(N3CCCC3=O)cc2)CC1. The van der Waals surface area contributed by atoms with Crippen LogP contribution in [-0.2, 0) is 9.59 Å². The highest BCUT2D eigenvalue weighted by Crippen LogP contribution is 2.28. The van der Waals surface area contributed by atoms with Crippen molar-refractivity contribution in [1.29, 1.82) is 0 Å². The summed E-state index contributed by atoms with van der Waals surface area (Å²) in [6.45, 7) is 4.49. The molecule has 2 saturated heterocycles. The van der Waals surface area contributed by atoms with Gasteiger partial charge < -0.3 is 19.9 Å². The van der Waals surface area contributed by atoms with Crippen LogP contribution in [0.15, 0.2) is 48.5 Å². The first-order valence-corrected chi connectivity index (χ1v) is 10.4. The zero-order chi connectivity index (χ0) is 20.9. The maximum Gasteiger partial charge on any atom is 0.238 e. The molecule has 0 radical (unpaired) electrons. The van der Waals surface area contributed by atoms with Crippen molar-refractivity contribution in [2.75, 3.05) is 61.5 Å². The number of hydrogen-bond donors (Lipinski definition) is 1. The molecule has 2 aromatic rings. The summed E-state index contributed by atoms with van der Waals surface area (Å²) in [6.07, 6.45) is 1.52. The minimum absolute atomic E-state index is 0.0225. The van der Waals surface area contributed by atoms with Crippen molar-refractivity contribution in [1.82, 2.24) is 4.90 Å². The maximum absolute atomic E-state index is 12.5. The normalized spacial score (nSPS) is 17.3. The Balaban J connectivity index is 1.26. The Labute approximate surface area is 177 Å². The molecule has 2 heterocycles. The van der Waals surface area contributed by atoms with E-state index in [0.717, 1.165) is 62.0 Å². The quantitative estimate of drug-likeness (QED) is 0.796. The van der Waals surface area contributed by atoms with Crippen LogP contribution in [0.25, 0.3) is 0 Å². The summed E-state index contributed by atoms with van der Waals surface area (Å²) in [5.41, 5.74) is 2.74. The minimum Gasteiger partial charge on any atom is -0.495 e. The monoisotopic (exact) mass is 408 g/mol. The molecular formula is C23H28N4O3. The number of nitrogens with zero attached hydrogens (tertiary/aromatic N) is 3. The number of methoxy groups -OCH3 is 1. The van der Waals surface area contributed by atoms with Gasteiger partial charge in [0.15, 0.2) is 0 Å². The molecule has 7 nitrogen and oxygen atoms in total. The van der Waals surface area contributed by atoms with Crippen LogP contribution >= 0.6 is 0 Å². The van der Waals surface area contributed by atoms with Crippen LogP contribution in [0.1, 0.15) is 12.8 Å². The lowest BCUT2D eigenvalue weighted by Crippen LogP contribution is -2.48. The van der Waals surface area contributed by atoms with Crippen LogP contribution < -0.4 is 19.9 Å². The smallest absolute Gasteiger partial charge is 0.238 e. The fourth-order valence-corrected chi connectivity index (χ4v) is 4.09. The molecule has 0 bridgehead atoms. The summed E-state index contributed by atoms with van der Waals surface area (Å²) in [4.78, 5) is 30.6. The van der Waals surface area contributed by atoms with Crippen molar-refractivity contribution >= 4 is 28.9 Å². The average molecular weight is 409 g/mol. The van der Waals surface area contributed by atoms with Crippen LogP contribution in [0, 0.1) is 0 Å². The Hall–Kier alpha value is -3.06. The van der Waals surface area contributed by atoms with Crippen molar-refractivity contribution < 1.29 is 14.3 Å². The van der Waals surface area contributed by atoms with E-state index in [1.165, 1.54) is 0 Å². The first kappa shape index (κ1) is 20.2.